The summed E-state index contributed by atoms with van der Waals surface area (Å²) in [6.45, 7) is 2.01. The normalized spacial score (nSPS) is 10.0. The number of halogens is 1. The van der Waals surface area contributed by atoms with Gasteiger partial charge in [-0.1, -0.05) is 6.07 Å². The highest BCUT2D eigenvalue weighted by molar-refractivity contribution is 14.1. The maximum Gasteiger partial charge on any atom is 0.132 e. The monoisotopic (exact) mass is 311 g/mol. The van der Waals surface area contributed by atoms with E-state index in [2.05, 4.69) is 37.9 Å². The first kappa shape index (κ1) is 10.4. The van der Waals surface area contributed by atoms with Gasteiger partial charge in [-0.3, -0.25) is 0 Å². The van der Waals surface area contributed by atoms with Crippen molar-refractivity contribution in [1.29, 1.82) is 0 Å². The van der Waals surface area contributed by atoms with Gasteiger partial charge in [-0.05, 0) is 53.3 Å². The van der Waals surface area contributed by atoms with E-state index < -0.39 is 0 Å². The molecule has 3 nitrogen and oxygen atoms in total. The predicted molar refractivity (Wildman–Crippen MR) is 69.2 cm³/mol. The summed E-state index contributed by atoms with van der Waals surface area (Å²) in [6.07, 6.45) is 3.61. The van der Waals surface area contributed by atoms with E-state index in [1.54, 1.807) is 6.20 Å². The molecule has 0 aromatic carbocycles. The standard InChI is InChI=1S/C11H10IN3/c1-8-2-3-10(14-7-8)15-11-6-9(12)4-5-13-11/h2-7H,1H3,(H,13,14,15). The Bertz CT molecular complexity index is 454. The van der Waals surface area contributed by atoms with E-state index in [1.807, 2.05) is 37.4 Å². The number of rotatable bonds is 2. The van der Waals surface area contributed by atoms with E-state index in [0.29, 0.717) is 0 Å². The number of hydrogen-bond donors (Lipinski definition) is 1. The van der Waals surface area contributed by atoms with Gasteiger partial charge in [0.2, 0.25) is 0 Å². The molecule has 1 N–H and O–H groups in total. The van der Waals surface area contributed by atoms with Gasteiger partial charge >= 0.3 is 0 Å². The summed E-state index contributed by atoms with van der Waals surface area (Å²) in [5, 5.41) is 3.14. The van der Waals surface area contributed by atoms with Crippen molar-refractivity contribution in [3.05, 3.63) is 45.8 Å². The van der Waals surface area contributed by atoms with Crippen LogP contribution in [0.3, 0.4) is 0 Å². The zero-order valence-corrected chi connectivity index (χ0v) is 10.4. The summed E-state index contributed by atoms with van der Waals surface area (Å²) in [6, 6.07) is 7.89. The number of hydrogen-bond acceptors (Lipinski definition) is 3. The summed E-state index contributed by atoms with van der Waals surface area (Å²) >= 11 is 2.25. The SMILES string of the molecule is Cc1ccc(Nc2cc(I)ccn2)nc1. The number of nitrogens with zero attached hydrogens (tertiary/aromatic N) is 2. The fourth-order valence-corrected chi connectivity index (χ4v) is 1.60. The van der Waals surface area contributed by atoms with E-state index in [-0.39, 0.29) is 0 Å². The number of aryl methyl sites for hydroxylation is 1. The second kappa shape index (κ2) is 4.57. The lowest BCUT2D eigenvalue weighted by atomic mass is 10.3. The lowest BCUT2D eigenvalue weighted by molar-refractivity contribution is 1.22. The summed E-state index contributed by atoms with van der Waals surface area (Å²) in [5.41, 5.74) is 1.15. The van der Waals surface area contributed by atoms with E-state index in [9.17, 15) is 0 Å². The first-order valence-electron chi connectivity index (χ1n) is 4.55. The zero-order valence-electron chi connectivity index (χ0n) is 8.24. The Morgan fingerprint density at radius 3 is 2.67 bits per heavy atom. The molecule has 15 heavy (non-hydrogen) atoms. The van der Waals surface area contributed by atoms with Gasteiger partial charge in [0.25, 0.3) is 0 Å². The smallest absolute Gasteiger partial charge is 0.132 e. The molecule has 2 aromatic rings. The largest absolute Gasteiger partial charge is 0.325 e. The Labute approximate surface area is 102 Å². The molecule has 0 saturated heterocycles. The molecule has 0 amide bonds. The molecule has 0 aliphatic carbocycles. The Morgan fingerprint density at radius 1 is 1.13 bits per heavy atom. The van der Waals surface area contributed by atoms with Gasteiger partial charge in [0.1, 0.15) is 11.6 Å². The molecule has 76 valence electrons. The summed E-state index contributed by atoms with van der Waals surface area (Å²) in [7, 11) is 0. The minimum atomic E-state index is 0.815. The van der Waals surface area contributed by atoms with Gasteiger partial charge in [-0.25, -0.2) is 9.97 Å². The average Bonchev–Trinajstić information content (AvgIpc) is 2.22. The molecule has 0 aliphatic heterocycles. The Kier molecular flexibility index (Phi) is 3.15. The van der Waals surface area contributed by atoms with Crippen molar-refractivity contribution in [1.82, 2.24) is 9.97 Å². The highest BCUT2D eigenvalue weighted by Crippen LogP contribution is 2.14. The van der Waals surface area contributed by atoms with Crippen LogP contribution >= 0.6 is 22.6 Å². The second-order valence-corrected chi connectivity index (χ2v) is 4.45. The fraction of sp³-hybridized carbons (Fsp3) is 0.0909. The highest BCUT2D eigenvalue weighted by atomic mass is 127. The lowest BCUT2D eigenvalue weighted by Gasteiger charge is -2.04. The van der Waals surface area contributed by atoms with Crippen molar-refractivity contribution in [3.8, 4) is 0 Å². The first-order valence-corrected chi connectivity index (χ1v) is 5.63. The number of pyridine rings is 2. The van der Waals surface area contributed by atoms with Crippen LogP contribution in [0.1, 0.15) is 5.56 Å². The molecular formula is C11H10IN3. The molecule has 2 heterocycles. The van der Waals surface area contributed by atoms with Crippen LogP contribution in [-0.4, -0.2) is 9.97 Å². The van der Waals surface area contributed by atoms with Crippen molar-refractivity contribution >= 4 is 34.2 Å². The van der Waals surface area contributed by atoms with Crippen molar-refractivity contribution in [3.63, 3.8) is 0 Å². The van der Waals surface area contributed by atoms with E-state index in [4.69, 9.17) is 0 Å². The van der Waals surface area contributed by atoms with E-state index in [0.717, 1.165) is 20.8 Å². The molecule has 0 aliphatic rings. The molecule has 0 bridgehead atoms. The third-order valence-corrected chi connectivity index (χ3v) is 2.56. The topological polar surface area (TPSA) is 37.8 Å². The van der Waals surface area contributed by atoms with Crippen LogP contribution in [0.5, 0.6) is 0 Å². The van der Waals surface area contributed by atoms with Crippen molar-refractivity contribution in [2.75, 3.05) is 5.32 Å². The summed E-state index contributed by atoms with van der Waals surface area (Å²) < 4.78 is 1.15. The minimum absolute atomic E-state index is 0.815. The molecule has 0 unspecified atom stereocenters. The zero-order chi connectivity index (χ0) is 10.7. The lowest BCUT2D eigenvalue weighted by Crippen LogP contribution is -1.95. The van der Waals surface area contributed by atoms with Gasteiger partial charge in [-0.2, -0.15) is 0 Å². The van der Waals surface area contributed by atoms with Crippen molar-refractivity contribution < 1.29 is 0 Å². The van der Waals surface area contributed by atoms with Gasteiger partial charge in [0.15, 0.2) is 0 Å². The molecule has 2 aromatic heterocycles. The van der Waals surface area contributed by atoms with Crippen LogP contribution in [0, 0.1) is 10.5 Å². The molecular weight excluding hydrogens is 301 g/mol. The third-order valence-electron chi connectivity index (χ3n) is 1.89. The van der Waals surface area contributed by atoms with Crippen LogP contribution in [-0.2, 0) is 0 Å². The van der Waals surface area contributed by atoms with Crippen LogP contribution in [0.15, 0.2) is 36.7 Å². The van der Waals surface area contributed by atoms with E-state index in [1.165, 1.54) is 0 Å². The number of nitrogens with one attached hydrogen (secondary N) is 1. The fourth-order valence-electron chi connectivity index (χ4n) is 1.15. The Hall–Kier alpha value is -1.17. The van der Waals surface area contributed by atoms with Crippen molar-refractivity contribution in [2.24, 2.45) is 0 Å². The molecule has 0 radical (unpaired) electrons. The van der Waals surface area contributed by atoms with Crippen LogP contribution < -0.4 is 5.32 Å². The van der Waals surface area contributed by atoms with Gasteiger partial charge in [0, 0.05) is 16.0 Å². The molecule has 0 saturated carbocycles. The summed E-state index contributed by atoms with van der Waals surface area (Å²) in [4.78, 5) is 8.45. The van der Waals surface area contributed by atoms with Gasteiger partial charge < -0.3 is 5.32 Å². The van der Waals surface area contributed by atoms with E-state index >= 15 is 0 Å². The van der Waals surface area contributed by atoms with Crippen molar-refractivity contribution in [2.45, 2.75) is 6.92 Å². The van der Waals surface area contributed by atoms with Crippen LogP contribution in [0.2, 0.25) is 0 Å². The average molecular weight is 311 g/mol. The van der Waals surface area contributed by atoms with Gasteiger partial charge in [0.05, 0.1) is 0 Å². The number of aromatic nitrogens is 2. The molecule has 4 heteroatoms. The molecule has 0 fully saturated rings. The minimum Gasteiger partial charge on any atom is -0.325 e. The highest BCUT2D eigenvalue weighted by Gasteiger charge is 1.97. The molecule has 0 atom stereocenters. The first-order chi connectivity index (χ1) is 7.24. The Balaban J connectivity index is 2.18. The maximum absolute atomic E-state index is 4.25. The Morgan fingerprint density at radius 2 is 2.00 bits per heavy atom. The number of anilines is 2. The second-order valence-electron chi connectivity index (χ2n) is 3.21. The quantitative estimate of drug-likeness (QED) is 0.866. The molecule has 0 spiro atoms. The van der Waals surface area contributed by atoms with Crippen LogP contribution in [0.4, 0.5) is 11.6 Å². The van der Waals surface area contributed by atoms with Gasteiger partial charge in [-0.15, -0.1) is 0 Å². The third kappa shape index (κ3) is 2.89. The predicted octanol–water partition coefficient (Wildman–Crippen LogP) is 3.13. The molecule has 2 rings (SSSR count). The maximum atomic E-state index is 4.25. The summed E-state index contributed by atoms with van der Waals surface area (Å²) in [5.74, 6) is 1.63. The van der Waals surface area contributed by atoms with Crippen LogP contribution in [0.25, 0.3) is 0 Å².